The molecule has 2 fully saturated rings. The summed E-state index contributed by atoms with van der Waals surface area (Å²) in [6.45, 7) is -0.726. The molecule has 2 unspecified atom stereocenters. The standard InChI is InChI=1S/C20H26O12/c1-28-12-6-9(2-4-10(12)21)3-5-14(23)29-8-13-15(24)16(25)20(31-13)32-18-11(22)7-30-19(27)17(18)26/h2-6,11,13,15-22,24-27H,7-8H2,1H3/b5-3+/t11-,13+,15+,16-,17-,18+,19?,20?/m1/s1. The summed E-state index contributed by atoms with van der Waals surface area (Å²) in [5.74, 6) is -0.578. The third-order valence-electron chi connectivity index (χ3n) is 5.06. The van der Waals surface area contributed by atoms with E-state index in [1.54, 1.807) is 6.07 Å². The highest BCUT2D eigenvalue weighted by atomic mass is 16.7. The molecule has 0 radical (unpaired) electrons. The van der Waals surface area contributed by atoms with E-state index in [0.29, 0.717) is 5.56 Å². The van der Waals surface area contributed by atoms with Gasteiger partial charge in [0.05, 0.1) is 13.7 Å². The molecule has 2 saturated heterocycles. The fraction of sp³-hybridized carbons (Fsp3) is 0.550. The van der Waals surface area contributed by atoms with Gasteiger partial charge in [0.1, 0.15) is 43.2 Å². The van der Waals surface area contributed by atoms with Crippen molar-refractivity contribution < 1.29 is 59.1 Å². The van der Waals surface area contributed by atoms with E-state index in [2.05, 4.69) is 0 Å². The van der Waals surface area contributed by atoms with Crippen LogP contribution in [0.4, 0.5) is 0 Å². The second-order valence-electron chi connectivity index (χ2n) is 7.30. The molecule has 1 aromatic carbocycles. The summed E-state index contributed by atoms with van der Waals surface area (Å²) >= 11 is 0. The van der Waals surface area contributed by atoms with E-state index in [0.717, 1.165) is 6.08 Å². The van der Waals surface area contributed by atoms with Gasteiger partial charge >= 0.3 is 5.97 Å². The number of esters is 1. The molecule has 32 heavy (non-hydrogen) atoms. The number of hydrogen-bond acceptors (Lipinski definition) is 12. The van der Waals surface area contributed by atoms with Crippen molar-refractivity contribution in [2.24, 2.45) is 0 Å². The van der Waals surface area contributed by atoms with E-state index in [9.17, 15) is 35.4 Å². The summed E-state index contributed by atoms with van der Waals surface area (Å²) in [6.07, 6.45) is -8.91. The maximum atomic E-state index is 12.0. The van der Waals surface area contributed by atoms with Crippen molar-refractivity contribution in [3.63, 3.8) is 0 Å². The molecule has 2 aliphatic heterocycles. The first-order chi connectivity index (χ1) is 15.2. The van der Waals surface area contributed by atoms with E-state index in [4.69, 9.17) is 23.7 Å². The predicted molar refractivity (Wildman–Crippen MR) is 104 cm³/mol. The fourth-order valence-corrected chi connectivity index (χ4v) is 3.25. The number of methoxy groups -OCH3 is 1. The molecule has 12 nitrogen and oxygen atoms in total. The van der Waals surface area contributed by atoms with E-state index in [-0.39, 0.29) is 18.1 Å². The Balaban J connectivity index is 1.52. The van der Waals surface area contributed by atoms with Crippen molar-refractivity contribution >= 4 is 12.0 Å². The number of aliphatic hydroxyl groups excluding tert-OH is 5. The number of aliphatic hydroxyl groups is 5. The molecule has 2 aliphatic rings. The summed E-state index contributed by atoms with van der Waals surface area (Å²) < 4.78 is 25.5. The molecule has 8 atom stereocenters. The van der Waals surface area contributed by atoms with Crippen LogP contribution in [-0.2, 0) is 23.7 Å². The van der Waals surface area contributed by atoms with Crippen LogP contribution < -0.4 is 4.74 Å². The molecule has 0 aliphatic carbocycles. The first-order valence-electron chi connectivity index (χ1n) is 9.76. The number of aromatic hydroxyl groups is 1. The third kappa shape index (κ3) is 5.54. The van der Waals surface area contributed by atoms with Crippen LogP contribution in [0.3, 0.4) is 0 Å². The Morgan fingerprint density at radius 1 is 1.16 bits per heavy atom. The lowest BCUT2D eigenvalue weighted by molar-refractivity contribution is -0.298. The third-order valence-corrected chi connectivity index (χ3v) is 5.06. The van der Waals surface area contributed by atoms with Gasteiger partial charge in [0, 0.05) is 6.08 Å². The second-order valence-corrected chi connectivity index (χ2v) is 7.30. The lowest BCUT2D eigenvalue weighted by Gasteiger charge is -2.36. The van der Waals surface area contributed by atoms with Gasteiger partial charge in [-0.25, -0.2) is 4.79 Å². The molecule has 12 heteroatoms. The Morgan fingerprint density at radius 2 is 1.91 bits per heavy atom. The lowest BCUT2D eigenvalue weighted by atomic mass is 10.0. The Labute approximate surface area is 182 Å². The normalized spacial score (nSPS) is 35.2. The molecule has 0 spiro atoms. The van der Waals surface area contributed by atoms with Gasteiger partial charge < -0.3 is 54.3 Å². The minimum atomic E-state index is -1.60. The number of carbonyl (C=O) groups excluding carboxylic acids is 1. The molecule has 6 N–H and O–H groups in total. The second kappa shape index (κ2) is 10.6. The van der Waals surface area contributed by atoms with Crippen molar-refractivity contribution in [3.8, 4) is 11.5 Å². The van der Waals surface area contributed by atoms with Gasteiger partial charge in [0.25, 0.3) is 0 Å². The van der Waals surface area contributed by atoms with E-state index < -0.39 is 61.8 Å². The Hall–Kier alpha value is -2.29. The lowest BCUT2D eigenvalue weighted by Crippen LogP contribution is -2.56. The van der Waals surface area contributed by atoms with E-state index in [1.165, 1.54) is 25.3 Å². The van der Waals surface area contributed by atoms with Gasteiger partial charge in [-0.3, -0.25) is 0 Å². The highest BCUT2D eigenvalue weighted by Gasteiger charge is 2.48. The van der Waals surface area contributed by atoms with Gasteiger partial charge in [-0.1, -0.05) is 6.07 Å². The van der Waals surface area contributed by atoms with Gasteiger partial charge in [-0.15, -0.1) is 0 Å². The highest BCUT2D eigenvalue weighted by Crippen LogP contribution is 2.28. The largest absolute Gasteiger partial charge is 0.504 e. The number of carbonyl (C=O) groups is 1. The number of phenols is 1. The van der Waals surface area contributed by atoms with Gasteiger partial charge in [0.15, 0.2) is 24.1 Å². The van der Waals surface area contributed by atoms with Crippen molar-refractivity contribution in [1.29, 1.82) is 0 Å². The molecular weight excluding hydrogens is 432 g/mol. The summed E-state index contributed by atoms with van der Waals surface area (Å²) in [5.41, 5.74) is 0.563. The van der Waals surface area contributed by atoms with Crippen LogP contribution in [-0.4, -0.2) is 106 Å². The maximum Gasteiger partial charge on any atom is 0.330 e. The highest BCUT2D eigenvalue weighted by molar-refractivity contribution is 5.87. The Kier molecular flexibility index (Phi) is 8.03. The number of hydrogen-bond donors (Lipinski definition) is 6. The number of rotatable bonds is 7. The number of benzene rings is 1. The van der Waals surface area contributed by atoms with Crippen molar-refractivity contribution in [2.75, 3.05) is 20.3 Å². The summed E-state index contributed by atoms with van der Waals surface area (Å²) in [4.78, 5) is 12.0. The van der Waals surface area contributed by atoms with Gasteiger partial charge in [0.2, 0.25) is 0 Å². The van der Waals surface area contributed by atoms with Crippen LogP contribution in [0.1, 0.15) is 5.56 Å². The smallest absolute Gasteiger partial charge is 0.330 e. The number of phenolic OH excluding ortho intramolecular Hbond substituents is 1. The van der Waals surface area contributed by atoms with Crippen LogP contribution in [0, 0.1) is 0 Å². The number of ether oxygens (including phenoxy) is 5. The summed E-state index contributed by atoms with van der Waals surface area (Å²) in [6, 6.07) is 4.47. The monoisotopic (exact) mass is 458 g/mol. The van der Waals surface area contributed by atoms with Crippen molar-refractivity contribution in [3.05, 3.63) is 29.8 Å². The van der Waals surface area contributed by atoms with Crippen LogP contribution in [0.25, 0.3) is 6.08 Å². The van der Waals surface area contributed by atoms with E-state index in [1.807, 2.05) is 0 Å². The van der Waals surface area contributed by atoms with Crippen molar-refractivity contribution in [2.45, 2.75) is 49.2 Å². The fourth-order valence-electron chi connectivity index (χ4n) is 3.25. The average molecular weight is 458 g/mol. The molecule has 0 aromatic heterocycles. The zero-order valence-electron chi connectivity index (χ0n) is 17.1. The molecule has 0 bridgehead atoms. The molecule has 0 amide bonds. The maximum absolute atomic E-state index is 12.0. The minimum Gasteiger partial charge on any atom is -0.504 e. The molecule has 1 aromatic rings. The van der Waals surface area contributed by atoms with Gasteiger partial charge in [-0.2, -0.15) is 0 Å². The molecule has 178 valence electrons. The molecule has 0 saturated carbocycles. The van der Waals surface area contributed by atoms with Crippen LogP contribution in [0.15, 0.2) is 24.3 Å². The first kappa shape index (κ1) is 24.4. The van der Waals surface area contributed by atoms with Crippen LogP contribution >= 0.6 is 0 Å². The molecule has 2 heterocycles. The summed E-state index contributed by atoms with van der Waals surface area (Å²) in [5, 5.41) is 59.2. The molecule has 3 rings (SSSR count). The molecular formula is C20H26O12. The van der Waals surface area contributed by atoms with Crippen LogP contribution in [0.5, 0.6) is 11.5 Å². The minimum absolute atomic E-state index is 0.0507. The van der Waals surface area contributed by atoms with Crippen molar-refractivity contribution in [1.82, 2.24) is 0 Å². The average Bonchev–Trinajstić information content (AvgIpc) is 3.05. The zero-order valence-corrected chi connectivity index (χ0v) is 17.1. The quantitative estimate of drug-likeness (QED) is 0.193. The Bertz CT molecular complexity index is 814. The predicted octanol–water partition coefficient (Wildman–Crippen LogP) is -2.14. The Morgan fingerprint density at radius 3 is 2.62 bits per heavy atom. The van der Waals surface area contributed by atoms with E-state index >= 15 is 0 Å². The van der Waals surface area contributed by atoms with Crippen LogP contribution in [0.2, 0.25) is 0 Å². The zero-order chi connectivity index (χ0) is 23.4. The topological polar surface area (TPSA) is 185 Å². The summed E-state index contributed by atoms with van der Waals surface area (Å²) in [7, 11) is 1.39. The van der Waals surface area contributed by atoms with Gasteiger partial charge in [-0.05, 0) is 23.8 Å². The SMILES string of the molecule is COc1cc(/C=C/C(=O)OC[C@@H]2OC(O[C@H]3[C@H](O)COC(O)[C@@H]3O)[C@H](O)[C@H]2O)ccc1O. The first-order valence-corrected chi connectivity index (χ1v) is 9.76.